The molecule has 3 aromatic carbocycles. The van der Waals surface area contributed by atoms with Gasteiger partial charge in [0, 0.05) is 17.6 Å². The fourth-order valence-electron chi connectivity index (χ4n) is 4.70. The van der Waals surface area contributed by atoms with Crippen molar-refractivity contribution in [3.8, 4) is 5.75 Å². The molecule has 0 aromatic heterocycles. The van der Waals surface area contributed by atoms with Crippen molar-refractivity contribution >= 4 is 19.1 Å². The van der Waals surface area contributed by atoms with E-state index >= 15 is 0 Å². The molecule has 0 saturated heterocycles. The van der Waals surface area contributed by atoms with Crippen molar-refractivity contribution in [2.75, 3.05) is 13.2 Å². The minimum absolute atomic E-state index is 0.0452. The lowest BCUT2D eigenvalue weighted by atomic mass is 9.93. The SMILES string of the molecule is CC(C)(Cc1ccc2ccccc2c1)NC[C@@H](O)COC(c1ccccc1O[Si](C)(C)C(C)(C)C)C1CC1. The molecule has 4 rings (SSSR count). The molecule has 4 nitrogen and oxygen atoms in total. The summed E-state index contributed by atoms with van der Waals surface area (Å²) in [5.74, 6) is 1.43. The van der Waals surface area contributed by atoms with Gasteiger partial charge in [-0.2, -0.15) is 0 Å². The Morgan fingerprint density at radius 1 is 0.921 bits per heavy atom. The maximum atomic E-state index is 10.9. The fraction of sp³-hybridized carbons (Fsp3) is 0.515. The van der Waals surface area contributed by atoms with Gasteiger partial charge in [0.2, 0.25) is 8.32 Å². The standard InChI is InChI=1S/C33H47NO3Si/c1-32(2,3)38(6,7)37-30-15-11-10-14-29(30)31(26-18-19-26)36-23-28(35)22-34-33(4,5)21-24-16-17-25-12-8-9-13-27(25)20-24/h8-17,20,26,28,31,34-35H,18-19,21-23H2,1-7H3/t28-,31?/m1/s1. The average Bonchev–Trinajstić information content (AvgIpc) is 3.68. The normalized spacial score (nSPS) is 16.4. The third-order valence-corrected chi connectivity index (χ3v) is 12.5. The number of β-amino-alcohol motifs (C(OH)–C–C–N with tert-alkyl or cyclic N) is 1. The van der Waals surface area contributed by atoms with Crippen LogP contribution in [0.1, 0.15) is 64.7 Å². The quantitative estimate of drug-likeness (QED) is 0.235. The second-order valence-electron chi connectivity index (χ2n) is 13.3. The van der Waals surface area contributed by atoms with Crippen LogP contribution in [0, 0.1) is 5.92 Å². The minimum Gasteiger partial charge on any atom is -0.543 e. The molecular formula is C33H47NO3Si. The highest BCUT2D eigenvalue weighted by Crippen LogP contribution is 2.47. The van der Waals surface area contributed by atoms with Gasteiger partial charge in [-0.1, -0.05) is 81.4 Å². The van der Waals surface area contributed by atoms with Crippen LogP contribution in [0.15, 0.2) is 66.7 Å². The Morgan fingerprint density at radius 2 is 1.58 bits per heavy atom. The predicted octanol–water partition coefficient (Wildman–Crippen LogP) is 7.66. The van der Waals surface area contributed by atoms with Crippen LogP contribution in [0.5, 0.6) is 5.75 Å². The van der Waals surface area contributed by atoms with Crippen molar-refractivity contribution in [3.05, 3.63) is 77.9 Å². The predicted molar refractivity (Wildman–Crippen MR) is 161 cm³/mol. The first-order valence-electron chi connectivity index (χ1n) is 14.1. The van der Waals surface area contributed by atoms with Crippen molar-refractivity contribution in [1.82, 2.24) is 5.32 Å². The summed E-state index contributed by atoms with van der Waals surface area (Å²) in [6.45, 7) is 16.5. The first kappa shape index (κ1) is 28.8. The Kier molecular flexibility index (Phi) is 8.73. The first-order valence-corrected chi connectivity index (χ1v) is 17.1. The van der Waals surface area contributed by atoms with Crippen LogP contribution in [0.25, 0.3) is 10.8 Å². The molecule has 0 amide bonds. The average molecular weight is 534 g/mol. The lowest BCUT2D eigenvalue weighted by molar-refractivity contribution is -0.0217. The molecule has 1 saturated carbocycles. The first-order chi connectivity index (χ1) is 17.8. The molecule has 2 N–H and O–H groups in total. The maximum Gasteiger partial charge on any atom is 0.250 e. The van der Waals surface area contributed by atoms with E-state index in [-0.39, 0.29) is 16.7 Å². The van der Waals surface area contributed by atoms with E-state index in [0.717, 1.165) is 30.6 Å². The van der Waals surface area contributed by atoms with E-state index in [1.54, 1.807) is 0 Å². The lowest BCUT2D eigenvalue weighted by Gasteiger charge is -2.37. The van der Waals surface area contributed by atoms with Crippen molar-refractivity contribution in [2.24, 2.45) is 5.92 Å². The number of benzene rings is 3. The molecule has 0 radical (unpaired) electrons. The zero-order valence-corrected chi connectivity index (χ0v) is 25.4. The van der Waals surface area contributed by atoms with Crippen LogP contribution in [0.3, 0.4) is 0 Å². The Bertz CT molecular complexity index is 1210. The largest absolute Gasteiger partial charge is 0.543 e. The number of rotatable bonds is 12. The maximum absolute atomic E-state index is 10.9. The number of aliphatic hydroxyl groups is 1. The monoisotopic (exact) mass is 533 g/mol. The second kappa shape index (κ2) is 11.5. The number of ether oxygens (including phenoxy) is 1. The van der Waals surface area contributed by atoms with Crippen LogP contribution >= 0.6 is 0 Å². The van der Waals surface area contributed by atoms with Crippen LogP contribution < -0.4 is 9.74 Å². The number of aliphatic hydroxyl groups excluding tert-OH is 1. The lowest BCUT2D eigenvalue weighted by Crippen LogP contribution is -2.46. The highest BCUT2D eigenvalue weighted by atomic mass is 28.4. The van der Waals surface area contributed by atoms with E-state index in [1.165, 1.54) is 16.3 Å². The molecular weight excluding hydrogens is 486 g/mol. The van der Waals surface area contributed by atoms with E-state index in [1.807, 2.05) is 6.07 Å². The van der Waals surface area contributed by atoms with Gasteiger partial charge in [0.1, 0.15) is 5.75 Å². The summed E-state index contributed by atoms with van der Waals surface area (Å²) in [5.41, 5.74) is 2.26. The summed E-state index contributed by atoms with van der Waals surface area (Å²) in [4.78, 5) is 0. The molecule has 1 aliphatic rings. The molecule has 1 aliphatic carbocycles. The zero-order valence-electron chi connectivity index (χ0n) is 24.4. The molecule has 2 atom stereocenters. The van der Waals surface area contributed by atoms with Gasteiger partial charge in [0.25, 0.3) is 0 Å². The van der Waals surface area contributed by atoms with Gasteiger partial charge < -0.3 is 19.6 Å². The van der Waals surface area contributed by atoms with E-state index < -0.39 is 14.4 Å². The van der Waals surface area contributed by atoms with E-state index in [4.69, 9.17) is 9.16 Å². The second-order valence-corrected chi connectivity index (χ2v) is 18.0. The third-order valence-electron chi connectivity index (χ3n) is 8.19. The Hall–Kier alpha value is -2.18. The molecule has 0 bridgehead atoms. The number of fused-ring (bicyclic) bond motifs is 1. The molecule has 5 heteroatoms. The van der Waals surface area contributed by atoms with Crippen LogP contribution in [0.4, 0.5) is 0 Å². The van der Waals surface area contributed by atoms with Gasteiger partial charge >= 0.3 is 0 Å². The molecule has 1 unspecified atom stereocenters. The van der Waals surface area contributed by atoms with Crippen molar-refractivity contribution in [2.45, 2.75) is 89.8 Å². The van der Waals surface area contributed by atoms with Gasteiger partial charge in [-0.25, -0.2) is 0 Å². The summed E-state index contributed by atoms with van der Waals surface area (Å²) in [6, 6.07) is 23.5. The third kappa shape index (κ3) is 7.47. The van der Waals surface area contributed by atoms with E-state index in [9.17, 15) is 5.11 Å². The van der Waals surface area contributed by atoms with Gasteiger partial charge in [-0.05, 0) is 79.6 Å². The Morgan fingerprint density at radius 3 is 2.26 bits per heavy atom. The van der Waals surface area contributed by atoms with Gasteiger partial charge in [-0.15, -0.1) is 0 Å². The van der Waals surface area contributed by atoms with Crippen molar-refractivity contribution in [3.63, 3.8) is 0 Å². The number of para-hydroxylation sites is 1. The molecule has 1 fully saturated rings. The van der Waals surface area contributed by atoms with Gasteiger partial charge in [0.05, 0.1) is 18.8 Å². The summed E-state index contributed by atoms with van der Waals surface area (Å²) in [7, 11) is -1.98. The Labute approximate surface area is 230 Å². The molecule has 38 heavy (non-hydrogen) atoms. The van der Waals surface area contributed by atoms with Crippen molar-refractivity contribution in [1.29, 1.82) is 0 Å². The Balaban J connectivity index is 1.35. The number of nitrogens with one attached hydrogen (secondary N) is 1. The fourth-order valence-corrected chi connectivity index (χ4v) is 5.75. The smallest absolute Gasteiger partial charge is 0.250 e. The van der Waals surface area contributed by atoms with Gasteiger partial charge in [0.15, 0.2) is 0 Å². The number of hydrogen-bond acceptors (Lipinski definition) is 4. The van der Waals surface area contributed by atoms with E-state index in [2.05, 4.69) is 114 Å². The summed E-state index contributed by atoms with van der Waals surface area (Å²) < 4.78 is 13.2. The summed E-state index contributed by atoms with van der Waals surface area (Å²) in [6.07, 6.45) is 2.57. The van der Waals surface area contributed by atoms with Crippen LogP contribution in [-0.2, 0) is 11.2 Å². The zero-order chi connectivity index (χ0) is 27.6. The number of hydrogen-bond donors (Lipinski definition) is 2. The topological polar surface area (TPSA) is 50.7 Å². The highest BCUT2D eigenvalue weighted by molar-refractivity contribution is 6.74. The minimum atomic E-state index is -1.98. The summed E-state index contributed by atoms with van der Waals surface area (Å²) >= 11 is 0. The highest BCUT2D eigenvalue weighted by Gasteiger charge is 2.41. The molecule has 0 heterocycles. The van der Waals surface area contributed by atoms with E-state index in [0.29, 0.717) is 19.1 Å². The van der Waals surface area contributed by atoms with Crippen LogP contribution in [0.2, 0.25) is 18.1 Å². The van der Waals surface area contributed by atoms with Crippen molar-refractivity contribution < 1.29 is 14.3 Å². The van der Waals surface area contributed by atoms with Gasteiger partial charge in [-0.3, -0.25) is 0 Å². The van der Waals surface area contributed by atoms with Crippen LogP contribution in [-0.4, -0.2) is 38.2 Å². The molecule has 0 aliphatic heterocycles. The summed E-state index contributed by atoms with van der Waals surface area (Å²) in [5, 5.41) is 17.1. The molecule has 206 valence electrons. The molecule has 3 aromatic rings. The molecule has 0 spiro atoms.